The summed E-state index contributed by atoms with van der Waals surface area (Å²) in [6.07, 6.45) is 0. The molecule has 0 amide bonds. The van der Waals surface area contributed by atoms with Crippen molar-refractivity contribution < 1.29 is 0 Å². The van der Waals surface area contributed by atoms with E-state index in [4.69, 9.17) is 0 Å². The van der Waals surface area contributed by atoms with E-state index in [2.05, 4.69) is 380 Å². The van der Waals surface area contributed by atoms with E-state index in [9.17, 15) is 0 Å². The van der Waals surface area contributed by atoms with Crippen molar-refractivity contribution in [3.63, 3.8) is 0 Å². The monoisotopic (exact) mass is 1250 g/mol. The highest BCUT2D eigenvalue weighted by Crippen LogP contribution is 2.60. The van der Waals surface area contributed by atoms with Crippen LogP contribution in [-0.4, -0.2) is 0 Å². The molecule has 0 saturated heterocycles. The smallest absolute Gasteiger partial charge is 0.0616 e. The van der Waals surface area contributed by atoms with Crippen molar-refractivity contribution in [3.8, 4) is 100 Å². The Morgan fingerprint density at radius 3 is 0.714 bits per heavy atom. The summed E-state index contributed by atoms with van der Waals surface area (Å²) in [5, 5.41) is 5.02. The lowest BCUT2D eigenvalue weighted by Gasteiger charge is -2.34. The SMILES string of the molecule is Cc1ccc(C2(c3ccc(C)cc3)c3cc(-c4ccc(-c5ccc(-c6ccc7c(c6)C(c6ccc(C)cc6)(c6ccc(C)cc6)c6cc(-c8cccc(-c9cccc%10ccccc9%10)c8)ccc6-7)cc5)cc4)ccc3-c3ccc(-c4cccc(-c5cccc6ccccc56)c4)cc32)cc1. The first-order chi connectivity index (χ1) is 48.1. The van der Waals surface area contributed by atoms with E-state index in [-0.39, 0.29) is 0 Å². The van der Waals surface area contributed by atoms with Crippen LogP contribution in [0.5, 0.6) is 0 Å². The van der Waals surface area contributed by atoms with Crippen LogP contribution in [0.1, 0.15) is 66.8 Å². The Bertz CT molecular complexity index is 5320. The van der Waals surface area contributed by atoms with Crippen LogP contribution in [0.3, 0.4) is 0 Å². The first-order valence-corrected chi connectivity index (χ1v) is 34.4. The van der Waals surface area contributed by atoms with Crippen LogP contribution in [0, 0.1) is 27.7 Å². The minimum absolute atomic E-state index is 0.588. The standard InChI is InChI=1S/C98H70/c1-63-25-45-81(46-26-63)97(82-47-27-64(2)28-48-82)93-59-75(41-53-89(93)91-55-43-77(61-95(91)97)73-17-9-19-79(57-73)87-23-11-15-71-13-5-7-21-85(71)87)69-37-33-67(34-38-69)68-35-39-70(40-36-68)76-42-54-90-92-56-44-78(74-18-10-20-80(58-74)88-24-12-16-72-14-6-8-22-86(72)88)62-96(92)98(94(90)60-76,83-49-29-65(3)30-50-83)84-51-31-66(4)32-52-84/h5-62H,1-4H3. The third-order valence-corrected chi connectivity index (χ3v) is 21.6. The molecule has 2 aliphatic rings. The van der Waals surface area contributed by atoms with Crippen LogP contribution in [-0.2, 0) is 10.8 Å². The summed E-state index contributed by atoms with van der Waals surface area (Å²) in [5.41, 5.74) is 36.0. The van der Waals surface area contributed by atoms with E-state index >= 15 is 0 Å². The van der Waals surface area contributed by atoms with Crippen molar-refractivity contribution in [3.05, 3.63) is 419 Å². The van der Waals surface area contributed by atoms with Gasteiger partial charge in [-0.15, -0.1) is 0 Å². The molecular formula is C98H70. The van der Waals surface area contributed by atoms with E-state index in [0.29, 0.717) is 0 Å². The number of fused-ring (bicyclic) bond motifs is 8. The fourth-order valence-corrected chi connectivity index (χ4v) is 16.6. The Labute approximate surface area is 575 Å². The predicted molar refractivity (Wildman–Crippen MR) is 413 cm³/mol. The zero-order valence-electron chi connectivity index (χ0n) is 55.5. The maximum Gasteiger partial charge on any atom is 0.0714 e. The molecule has 0 radical (unpaired) electrons. The molecule has 0 aliphatic heterocycles. The maximum atomic E-state index is 2.49. The van der Waals surface area contributed by atoms with Crippen molar-refractivity contribution in [2.24, 2.45) is 0 Å². The predicted octanol–water partition coefficient (Wildman–Crippen LogP) is 25.6. The molecule has 0 spiro atoms. The minimum Gasteiger partial charge on any atom is -0.0616 e. The zero-order chi connectivity index (χ0) is 65.6. The van der Waals surface area contributed by atoms with Crippen LogP contribution >= 0.6 is 0 Å². The van der Waals surface area contributed by atoms with Gasteiger partial charge in [0.05, 0.1) is 10.8 Å². The molecule has 0 aromatic heterocycles. The molecule has 0 heterocycles. The second kappa shape index (κ2) is 23.4. The zero-order valence-corrected chi connectivity index (χ0v) is 55.5. The first kappa shape index (κ1) is 58.6. The second-order valence-corrected chi connectivity index (χ2v) is 27.4. The fourth-order valence-electron chi connectivity index (χ4n) is 16.6. The van der Waals surface area contributed by atoms with Crippen LogP contribution < -0.4 is 0 Å². The van der Waals surface area contributed by atoms with Gasteiger partial charge in [-0.2, -0.15) is 0 Å². The van der Waals surface area contributed by atoms with Crippen LogP contribution in [0.25, 0.3) is 122 Å². The number of rotatable bonds is 11. The largest absolute Gasteiger partial charge is 0.0714 e. The Morgan fingerprint density at radius 2 is 0.398 bits per heavy atom. The summed E-state index contributed by atoms with van der Waals surface area (Å²) < 4.78 is 0. The van der Waals surface area contributed by atoms with E-state index in [1.165, 1.54) is 188 Å². The minimum atomic E-state index is -0.588. The molecule has 16 aromatic carbocycles. The topological polar surface area (TPSA) is 0 Å². The van der Waals surface area contributed by atoms with Crippen molar-refractivity contribution in [2.75, 3.05) is 0 Å². The first-order valence-electron chi connectivity index (χ1n) is 34.4. The highest BCUT2D eigenvalue weighted by atomic mass is 14.5. The summed E-state index contributed by atoms with van der Waals surface area (Å²) in [6.45, 7) is 8.76. The Balaban J connectivity index is 0.697. The van der Waals surface area contributed by atoms with Gasteiger partial charge in [0.15, 0.2) is 0 Å². The van der Waals surface area contributed by atoms with E-state index < -0.39 is 10.8 Å². The van der Waals surface area contributed by atoms with Gasteiger partial charge in [-0.25, -0.2) is 0 Å². The lowest BCUT2D eigenvalue weighted by molar-refractivity contribution is 0.768. The van der Waals surface area contributed by atoms with Crippen molar-refractivity contribution >= 4 is 21.5 Å². The van der Waals surface area contributed by atoms with Crippen LogP contribution in [0.2, 0.25) is 0 Å². The summed E-state index contributed by atoms with van der Waals surface area (Å²) in [6, 6.07) is 133. The Hall–Kier alpha value is -12.0. The van der Waals surface area contributed by atoms with Gasteiger partial charge in [0, 0.05) is 0 Å². The van der Waals surface area contributed by atoms with Crippen LogP contribution in [0.4, 0.5) is 0 Å². The lowest BCUT2D eigenvalue weighted by Crippen LogP contribution is -2.28. The molecule has 0 saturated carbocycles. The molecule has 0 N–H and O–H groups in total. The molecule has 0 nitrogen and oxygen atoms in total. The maximum absolute atomic E-state index is 2.49. The normalized spacial score (nSPS) is 13.1. The summed E-state index contributed by atoms with van der Waals surface area (Å²) >= 11 is 0. The molecule has 0 bridgehead atoms. The number of hydrogen-bond donors (Lipinski definition) is 0. The third-order valence-electron chi connectivity index (χ3n) is 21.6. The van der Waals surface area contributed by atoms with E-state index in [0.717, 1.165) is 0 Å². The molecule has 0 unspecified atom stereocenters. The molecule has 0 atom stereocenters. The molecular weight excluding hydrogens is 1180 g/mol. The molecule has 2 aliphatic carbocycles. The van der Waals surface area contributed by atoms with Crippen molar-refractivity contribution in [1.29, 1.82) is 0 Å². The van der Waals surface area contributed by atoms with E-state index in [1.807, 2.05) is 0 Å². The average Bonchev–Trinajstić information content (AvgIpc) is 1.54. The van der Waals surface area contributed by atoms with Gasteiger partial charge in [0.2, 0.25) is 0 Å². The van der Waals surface area contributed by atoms with Gasteiger partial charge in [-0.1, -0.05) is 338 Å². The van der Waals surface area contributed by atoms with Crippen molar-refractivity contribution in [1.82, 2.24) is 0 Å². The fraction of sp³-hybridized carbons (Fsp3) is 0.0612. The Morgan fingerprint density at radius 1 is 0.163 bits per heavy atom. The molecule has 0 heteroatoms. The van der Waals surface area contributed by atoms with E-state index in [1.54, 1.807) is 0 Å². The highest BCUT2D eigenvalue weighted by Gasteiger charge is 2.48. The number of benzene rings is 16. The highest BCUT2D eigenvalue weighted by molar-refractivity contribution is 6.00. The molecule has 98 heavy (non-hydrogen) atoms. The molecule has 18 rings (SSSR count). The lowest BCUT2D eigenvalue weighted by atomic mass is 9.67. The number of aryl methyl sites for hydroxylation is 4. The Kier molecular flexibility index (Phi) is 14.0. The second-order valence-electron chi connectivity index (χ2n) is 27.4. The van der Waals surface area contributed by atoms with Gasteiger partial charge in [-0.05, 0) is 230 Å². The van der Waals surface area contributed by atoms with Gasteiger partial charge in [0.1, 0.15) is 0 Å². The van der Waals surface area contributed by atoms with Crippen molar-refractivity contribution in [2.45, 2.75) is 38.5 Å². The summed E-state index contributed by atoms with van der Waals surface area (Å²) in [7, 11) is 0. The third kappa shape index (κ3) is 9.57. The van der Waals surface area contributed by atoms with Gasteiger partial charge >= 0.3 is 0 Å². The van der Waals surface area contributed by atoms with Gasteiger partial charge in [0.25, 0.3) is 0 Å². The molecule has 462 valence electrons. The summed E-state index contributed by atoms with van der Waals surface area (Å²) in [4.78, 5) is 0. The molecule has 16 aromatic rings. The van der Waals surface area contributed by atoms with Gasteiger partial charge < -0.3 is 0 Å². The molecule has 0 fully saturated rings. The quantitative estimate of drug-likeness (QED) is 0.121. The number of hydrogen-bond acceptors (Lipinski definition) is 0. The van der Waals surface area contributed by atoms with Crippen LogP contribution in [0.15, 0.2) is 352 Å². The van der Waals surface area contributed by atoms with Gasteiger partial charge in [-0.3, -0.25) is 0 Å². The summed E-state index contributed by atoms with van der Waals surface area (Å²) in [5.74, 6) is 0. The average molecular weight is 1250 g/mol.